The summed E-state index contributed by atoms with van der Waals surface area (Å²) in [7, 11) is 0. The number of aliphatic hydroxyl groups is 4. The van der Waals surface area contributed by atoms with Gasteiger partial charge in [0.05, 0.1) is 18.1 Å². The molecule has 7 heteroatoms. The van der Waals surface area contributed by atoms with Gasteiger partial charge < -0.3 is 30.1 Å². The van der Waals surface area contributed by atoms with Crippen LogP contribution >= 0.6 is 0 Å². The van der Waals surface area contributed by atoms with Gasteiger partial charge >= 0.3 is 5.97 Å². The summed E-state index contributed by atoms with van der Waals surface area (Å²) in [5.41, 5.74) is -1.35. The van der Waals surface area contributed by atoms with E-state index in [2.05, 4.69) is 13.8 Å². The lowest BCUT2D eigenvalue weighted by atomic mass is 9.58. The van der Waals surface area contributed by atoms with Crippen LogP contribution in [0.1, 0.15) is 47.0 Å². The maximum absolute atomic E-state index is 13.7. The molecule has 1 saturated heterocycles. The minimum atomic E-state index is -2.01. The molecular weight excluding hydrogens is 482 g/mol. The Kier molecular flexibility index (Phi) is 5.93. The highest BCUT2D eigenvalue weighted by molar-refractivity contribution is 5.81. The Balaban J connectivity index is 1.39. The summed E-state index contributed by atoms with van der Waals surface area (Å²) in [6.45, 7) is 8.54. The third-order valence-electron chi connectivity index (χ3n) is 11.0. The van der Waals surface area contributed by atoms with Gasteiger partial charge in [0.25, 0.3) is 0 Å². The van der Waals surface area contributed by atoms with Gasteiger partial charge in [-0.15, -0.1) is 0 Å². The second kappa shape index (κ2) is 8.65. The predicted octanol–water partition coefficient (Wildman–Crippen LogP) is 2.83. The molecule has 0 radical (unpaired) electrons. The van der Waals surface area contributed by atoms with Crippen LogP contribution in [0.5, 0.6) is 0 Å². The van der Waals surface area contributed by atoms with Crippen molar-refractivity contribution in [2.75, 3.05) is 18.1 Å². The summed E-state index contributed by atoms with van der Waals surface area (Å²) >= 11 is 0. The van der Waals surface area contributed by atoms with E-state index >= 15 is 0 Å². The molecule has 6 rings (SSSR count). The molecule has 206 valence electrons. The van der Waals surface area contributed by atoms with E-state index in [1.165, 1.54) is 0 Å². The smallest absolute Gasteiger partial charge is 0.329 e. The molecule has 38 heavy (non-hydrogen) atoms. The molecule has 10 atom stereocenters. The van der Waals surface area contributed by atoms with Crippen LogP contribution in [0.15, 0.2) is 53.6 Å². The van der Waals surface area contributed by atoms with Gasteiger partial charge in [0, 0.05) is 18.2 Å². The first-order chi connectivity index (χ1) is 18.0. The number of fused-ring (bicyclic) bond motifs is 3. The number of carbonyl (C=O) groups is 1. The molecule has 3 fully saturated rings. The van der Waals surface area contributed by atoms with Crippen LogP contribution in [-0.2, 0) is 9.53 Å². The van der Waals surface area contributed by atoms with E-state index in [9.17, 15) is 25.2 Å². The van der Waals surface area contributed by atoms with Crippen LogP contribution in [0.25, 0.3) is 0 Å². The number of nitrogens with zero attached hydrogens (tertiary/aromatic N) is 1. The Labute approximate surface area is 224 Å². The number of aliphatic hydroxyl groups excluding tert-OH is 3. The fraction of sp³-hybridized carbons (Fsp3) is 0.645. The van der Waals surface area contributed by atoms with E-state index in [4.69, 9.17) is 4.74 Å². The van der Waals surface area contributed by atoms with Gasteiger partial charge in [0.1, 0.15) is 17.7 Å². The van der Waals surface area contributed by atoms with Crippen molar-refractivity contribution in [3.05, 3.63) is 53.6 Å². The van der Waals surface area contributed by atoms with E-state index in [1.807, 2.05) is 55.2 Å². The standard InChI is InChI=1S/C31H41NO6/c1-17-15-30-18(2)13-22-24(29(22,3)4)21(26(30)35)14-19(16-33)25(34)31(30,37)27(17)38-28(36)23-11-8-12-32(23)20-9-6-5-7-10-20/h5-7,9-10,14-15,18,21-27,33-35,37H,8,11-13,16H2,1-4H3/t18-,21+,22-,23+,24+,25-,26?,27+,30+,31+/m1/s1. The number of hydrogen-bond acceptors (Lipinski definition) is 7. The lowest BCUT2D eigenvalue weighted by Gasteiger charge is -2.52. The fourth-order valence-electron chi connectivity index (χ4n) is 9.04. The quantitative estimate of drug-likeness (QED) is 0.355. The Morgan fingerprint density at radius 1 is 1.18 bits per heavy atom. The van der Waals surface area contributed by atoms with E-state index in [0.29, 0.717) is 17.9 Å². The van der Waals surface area contributed by atoms with Crippen molar-refractivity contribution in [1.29, 1.82) is 0 Å². The summed E-state index contributed by atoms with van der Waals surface area (Å²) in [4.78, 5) is 15.8. The number of esters is 1. The van der Waals surface area contributed by atoms with E-state index in [0.717, 1.165) is 25.1 Å². The number of carbonyl (C=O) groups excluding carboxylic acids is 1. The van der Waals surface area contributed by atoms with Gasteiger partial charge in [-0.1, -0.05) is 51.1 Å². The molecule has 5 aliphatic rings. The number of para-hydroxylation sites is 1. The van der Waals surface area contributed by atoms with Crippen LogP contribution in [0.2, 0.25) is 0 Å². The largest absolute Gasteiger partial charge is 0.453 e. The normalized spacial score (nSPS) is 44.8. The second-order valence-corrected chi connectivity index (χ2v) is 13.1. The van der Waals surface area contributed by atoms with E-state index < -0.39 is 47.9 Å². The van der Waals surface area contributed by atoms with Crippen LogP contribution in [0, 0.1) is 34.5 Å². The first-order valence-electron chi connectivity index (χ1n) is 14.1. The summed E-state index contributed by atoms with van der Waals surface area (Å²) in [6.07, 6.45) is 2.32. The average molecular weight is 524 g/mol. The zero-order chi connectivity index (χ0) is 27.2. The summed E-state index contributed by atoms with van der Waals surface area (Å²) in [5.74, 6) is -0.414. The average Bonchev–Trinajstić information content (AvgIpc) is 3.20. The lowest BCUT2D eigenvalue weighted by molar-refractivity contribution is -0.225. The molecule has 2 saturated carbocycles. The monoisotopic (exact) mass is 523 g/mol. The number of anilines is 1. The molecule has 1 aromatic rings. The summed E-state index contributed by atoms with van der Waals surface area (Å²) in [6, 6.07) is 9.25. The topological polar surface area (TPSA) is 110 Å². The third kappa shape index (κ3) is 3.25. The van der Waals surface area contributed by atoms with Gasteiger partial charge in [-0.05, 0) is 72.6 Å². The molecule has 4 N–H and O–H groups in total. The van der Waals surface area contributed by atoms with E-state index in [1.54, 1.807) is 6.08 Å². The number of ether oxygens (including phenoxy) is 1. The zero-order valence-corrected chi connectivity index (χ0v) is 22.7. The van der Waals surface area contributed by atoms with Gasteiger partial charge in [0.2, 0.25) is 0 Å². The lowest BCUT2D eigenvalue weighted by Crippen LogP contribution is -2.67. The Morgan fingerprint density at radius 2 is 1.89 bits per heavy atom. The highest BCUT2D eigenvalue weighted by Crippen LogP contribution is 2.72. The van der Waals surface area contributed by atoms with Crippen molar-refractivity contribution < 1.29 is 30.0 Å². The minimum Gasteiger partial charge on any atom is -0.453 e. The first kappa shape index (κ1) is 26.1. The third-order valence-corrected chi connectivity index (χ3v) is 11.0. The van der Waals surface area contributed by atoms with Gasteiger partial charge in [-0.2, -0.15) is 0 Å². The molecule has 1 heterocycles. The zero-order valence-electron chi connectivity index (χ0n) is 22.7. The van der Waals surface area contributed by atoms with Crippen LogP contribution in [-0.4, -0.2) is 69.5 Å². The predicted molar refractivity (Wildman–Crippen MR) is 143 cm³/mol. The maximum Gasteiger partial charge on any atom is 0.329 e. The van der Waals surface area contributed by atoms with Crippen molar-refractivity contribution in [1.82, 2.24) is 0 Å². The highest BCUT2D eigenvalue weighted by atomic mass is 16.6. The fourth-order valence-corrected chi connectivity index (χ4v) is 9.04. The Hall–Kier alpha value is -2.19. The molecule has 1 spiro atoms. The summed E-state index contributed by atoms with van der Waals surface area (Å²) in [5, 5.41) is 46.8. The van der Waals surface area contributed by atoms with Crippen LogP contribution < -0.4 is 4.90 Å². The molecule has 0 aromatic heterocycles. The Bertz CT molecular complexity index is 1180. The summed E-state index contributed by atoms with van der Waals surface area (Å²) < 4.78 is 6.17. The van der Waals surface area contributed by atoms with Crippen molar-refractivity contribution in [3.8, 4) is 0 Å². The van der Waals surface area contributed by atoms with Crippen molar-refractivity contribution in [3.63, 3.8) is 0 Å². The molecule has 1 unspecified atom stereocenters. The number of rotatable bonds is 4. The number of benzene rings is 1. The van der Waals surface area contributed by atoms with Crippen molar-refractivity contribution >= 4 is 11.7 Å². The molecule has 2 bridgehead atoms. The minimum absolute atomic E-state index is 0.0264. The molecule has 1 aliphatic heterocycles. The first-order valence-corrected chi connectivity index (χ1v) is 14.1. The van der Waals surface area contributed by atoms with Gasteiger partial charge in [-0.25, -0.2) is 4.79 Å². The van der Waals surface area contributed by atoms with Gasteiger partial charge in [-0.3, -0.25) is 0 Å². The van der Waals surface area contributed by atoms with Crippen molar-refractivity contribution in [2.24, 2.45) is 34.5 Å². The SMILES string of the molecule is CC1=C[C@]23C(O)[C@@H](C=C(CO)[C@@H](O)[C@]2(O)[C@H]1OC(=O)[C@@H]1CCCN1c1ccccc1)[C@H]1[C@@H](C[C@H]3C)C1(C)C. The molecule has 1 aromatic carbocycles. The molecule has 0 amide bonds. The Morgan fingerprint density at radius 3 is 2.58 bits per heavy atom. The highest BCUT2D eigenvalue weighted by Gasteiger charge is 2.76. The van der Waals surface area contributed by atoms with Crippen molar-refractivity contribution in [2.45, 2.75) is 76.9 Å². The number of hydrogen-bond donors (Lipinski definition) is 4. The molecule has 4 aliphatic carbocycles. The molecule has 7 nitrogen and oxygen atoms in total. The maximum atomic E-state index is 13.7. The second-order valence-electron chi connectivity index (χ2n) is 13.1. The van der Waals surface area contributed by atoms with Crippen LogP contribution in [0.4, 0.5) is 5.69 Å². The van der Waals surface area contributed by atoms with Crippen LogP contribution in [0.3, 0.4) is 0 Å². The van der Waals surface area contributed by atoms with Gasteiger partial charge in [0.15, 0.2) is 6.10 Å². The molecular formula is C31H41NO6. The van der Waals surface area contributed by atoms with E-state index in [-0.39, 0.29) is 28.7 Å².